The first-order valence-electron chi connectivity index (χ1n) is 6.18. The largest absolute Gasteiger partial charge is 0.493 e. The van der Waals surface area contributed by atoms with Crippen LogP contribution >= 0.6 is 0 Å². The smallest absolute Gasteiger partial charge is 0.122 e. The van der Waals surface area contributed by atoms with Crippen molar-refractivity contribution in [3.63, 3.8) is 0 Å². The van der Waals surface area contributed by atoms with E-state index in [0.717, 1.165) is 24.5 Å². The van der Waals surface area contributed by atoms with Gasteiger partial charge in [0.05, 0.1) is 12.3 Å². The van der Waals surface area contributed by atoms with Crippen LogP contribution in [0.1, 0.15) is 22.4 Å². The lowest BCUT2D eigenvalue weighted by Gasteiger charge is -1.99. The zero-order valence-electron chi connectivity index (χ0n) is 10.4. The Bertz CT molecular complexity index is 585. The molecule has 0 aliphatic carbocycles. The maximum atomic E-state index is 5.49. The third-order valence-corrected chi connectivity index (χ3v) is 3.09. The summed E-state index contributed by atoms with van der Waals surface area (Å²) in [5, 5.41) is 0. The number of hydrogen-bond donors (Lipinski definition) is 0. The number of aryl methyl sites for hydroxylation is 1. The van der Waals surface area contributed by atoms with Gasteiger partial charge in [0.1, 0.15) is 5.75 Å². The highest BCUT2D eigenvalue weighted by molar-refractivity contribution is 5.69. The molecule has 2 heteroatoms. The second kappa shape index (κ2) is 4.65. The molecule has 0 fully saturated rings. The first-order valence-corrected chi connectivity index (χ1v) is 6.18. The Hall–Kier alpha value is -2.09. The number of fused-ring (bicyclic) bond motifs is 1. The lowest BCUT2D eigenvalue weighted by Crippen LogP contribution is -1.85. The number of aromatic nitrogens is 1. The summed E-state index contributed by atoms with van der Waals surface area (Å²) in [6.45, 7) is 2.85. The standard InChI is InChI=1S/C16H15NO/c1-12-2-5-15(17-11-12)6-3-13-4-7-16-14(10-13)8-9-18-16/h2-7,10-11H,8-9H2,1H3. The number of pyridine rings is 1. The van der Waals surface area contributed by atoms with Crippen molar-refractivity contribution in [3.05, 3.63) is 58.9 Å². The van der Waals surface area contributed by atoms with Crippen molar-refractivity contribution in [2.45, 2.75) is 13.3 Å². The average molecular weight is 237 g/mol. The Morgan fingerprint density at radius 3 is 2.94 bits per heavy atom. The van der Waals surface area contributed by atoms with Gasteiger partial charge in [0.2, 0.25) is 0 Å². The minimum absolute atomic E-state index is 0.808. The molecule has 18 heavy (non-hydrogen) atoms. The van der Waals surface area contributed by atoms with E-state index in [9.17, 15) is 0 Å². The van der Waals surface area contributed by atoms with Crippen LogP contribution in [0.3, 0.4) is 0 Å². The molecule has 2 nitrogen and oxygen atoms in total. The normalized spacial score (nSPS) is 13.6. The number of ether oxygens (including phenoxy) is 1. The van der Waals surface area contributed by atoms with Gasteiger partial charge in [-0.25, -0.2) is 0 Å². The first-order chi connectivity index (χ1) is 8.81. The second-order valence-electron chi connectivity index (χ2n) is 4.56. The summed E-state index contributed by atoms with van der Waals surface area (Å²) in [7, 11) is 0. The molecule has 1 aromatic heterocycles. The second-order valence-corrected chi connectivity index (χ2v) is 4.56. The van der Waals surface area contributed by atoms with E-state index in [0.29, 0.717) is 0 Å². The zero-order chi connectivity index (χ0) is 12.4. The number of rotatable bonds is 2. The van der Waals surface area contributed by atoms with Gasteiger partial charge in [0.25, 0.3) is 0 Å². The molecule has 0 bridgehead atoms. The van der Waals surface area contributed by atoms with E-state index in [4.69, 9.17) is 4.74 Å². The predicted molar refractivity (Wildman–Crippen MR) is 73.5 cm³/mol. The fourth-order valence-corrected chi connectivity index (χ4v) is 2.07. The average Bonchev–Trinajstić information content (AvgIpc) is 2.85. The quantitative estimate of drug-likeness (QED) is 0.797. The Morgan fingerprint density at radius 2 is 2.11 bits per heavy atom. The highest BCUT2D eigenvalue weighted by atomic mass is 16.5. The molecule has 1 aromatic carbocycles. The number of benzene rings is 1. The van der Waals surface area contributed by atoms with Crippen LogP contribution in [0.4, 0.5) is 0 Å². The summed E-state index contributed by atoms with van der Waals surface area (Å²) in [5.74, 6) is 1.03. The lowest BCUT2D eigenvalue weighted by molar-refractivity contribution is 0.357. The monoisotopic (exact) mass is 237 g/mol. The lowest BCUT2D eigenvalue weighted by atomic mass is 10.1. The minimum Gasteiger partial charge on any atom is -0.493 e. The molecule has 0 N–H and O–H groups in total. The Balaban J connectivity index is 1.82. The van der Waals surface area contributed by atoms with Crippen LogP contribution in [0.25, 0.3) is 12.2 Å². The molecule has 1 aliphatic heterocycles. The molecule has 0 spiro atoms. The van der Waals surface area contributed by atoms with Crippen molar-refractivity contribution < 1.29 is 4.74 Å². The van der Waals surface area contributed by atoms with Crippen molar-refractivity contribution in [1.82, 2.24) is 4.98 Å². The molecule has 0 radical (unpaired) electrons. The summed E-state index contributed by atoms with van der Waals surface area (Å²) in [5.41, 5.74) is 4.66. The third kappa shape index (κ3) is 2.28. The maximum Gasteiger partial charge on any atom is 0.122 e. The highest BCUT2D eigenvalue weighted by Gasteiger charge is 2.10. The van der Waals surface area contributed by atoms with Gasteiger partial charge in [-0.15, -0.1) is 0 Å². The van der Waals surface area contributed by atoms with E-state index in [1.807, 2.05) is 31.3 Å². The van der Waals surface area contributed by atoms with Crippen molar-refractivity contribution in [3.8, 4) is 5.75 Å². The van der Waals surface area contributed by atoms with E-state index in [-0.39, 0.29) is 0 Å². The van der Waals surface area contributed by atoms with Gasteiger partial charge in [0.15, 0.2) is 0 Å². The van der Waals surface area contributed by atoms with Crippen LogP contribution in [0.5, 0.6) is 5.75 Å². The molecule has 1 aliphatic rings. The molecule has 0 unspecified atom stereocenters. The van der Waals surface area contributed by atoms with Crippen LogP contribution < -0.4 is 4.74 Å². The molecule has 2 heterocycles. The number of hydrogen-bond acceptors (Lipinski definition) is 2. The fourth-order valence-electron chi connectivity index (χ4n) is 2.07. The Morgan fingerprint density at radius 1 is 1.17 bits per heavy atom. The van der Waals surface area contributed by atoms with Crippen LogP contribution in [-0.2, 0) is 6.42 Å². The molecule has 2 aromatic rings. The maximum absolute atomic E-state index is 5.49. The van der Waals surface area contributed by atoms with E-state index < -0.39 is 0 Å². The Labute approximate surface area is 107 Å². The van der Waals surface area contributed by atoms with Crippen molar-refractivity contribution in [2.24, 2.45) is 0 Å². The summed E-state index contributed by atoms with van der Waals surface area (Å²) in [6, 6.07) is 10.4. The SMILES string of the molecule is Cc1ccc(C=Cc2ccc3c(c2)CCO3)nc1. The van der Waals surface area contributed by atoms with Crippen LogP contribution in [-0.4, -0.2) is 11.6 Å². The van der Waals surface area contributed by atoms with Crippen LogP contribution in [0, 0.1) is 6.92 Å². The minimum atomic E-state index is 0.808. The summed E-state index contributed by atoms with van der Waals surface area (Å²) in [6.07, 6.45) is 7.03. The molecule has 0 saturated carbocycles. The molecule has 0 amide bonds. The van der Waals surface area contributed by atoms with Gasteiger partial charge in [0, 0.05) is 12.6 Å². The molecular weight excluding hydrogens is 222 g/mol. The van der Waals surface area contributed by atoms with Gasteiger partial charge in [-0.3, -0.25) is 4.98 Å². The highest BCUT2D eigenvalue weighted by Crippen LogP contribution is 2.26. The zero-order valence-corrected chi connectivity index (χ0v) is 10.4. The summed E-state index contributed by atoms with van der Waals surface area (Å²) < 4.78 is 5.49. The van der Waals surface area contributed by atoms with E-state index in [1.54, 1.807) is 0 Å². The van der Waals surface area contributed by atoms with Gasteiger partial charge in [-0.1, -0.05) is 18.2 Å². The van der Waals surface area contributed by atoms with Crippen LogP contribution in [0.15, 0.2) is 36.5 Å². The Kier molecular flexibility index (Phi) is 2.85. The summed E-state index contributed by atoms with van der Waals surface area (Å²) >= 11 is 0. The molecule has 0 saturated heterocycles. The molecular formula is C16H15NO. The summed E-state index contributed by atoms with van der Waals surface area (Å²) in [4.78, 5) is 4.35. The van der Waals surface area contributed by atoms with E-state index in [1.165, 1.54) is 16.7 Å². The van der Waals surface area contributed by atoms with E-state index in [2.05, 4.69) is 29.3 Å². The van der Waals surface area contributed by atoms with Crippen molar-refractivity contribution in [2.75, 3.05) is 6.61 Å². The van der Waals surface area contributed by atoms with Crippen molar-refractivity contribution in [1.29, 1.82) is 0 Å². The van der Waals surface area contributed by atoms with Gasteiger partial charge in [-0.2, -0.15) is 0 Å². The first kappa shape index (κ1) is 11.0. The third-order valence-electron chi connectivity index (χ3n) is 3.09. The van der Waals surface area contributed by atoms with Gasteiger partial charge >= 0.3 is 0 Å². The fraction of sp³-hybridized carbons (Fsp3) is 0.188. The van der Waals surface area contributed by atoms with Crippen molar-refractivity contribution >= 4 is 12.2 Å². The predicted octanol–water partition coefficient (Wildman–Crippen LogP) is 3.50. The van der Waals surface area contributed by atoms with Gasteiger partial charge in [-0.05, 0) is 47.9 Å². The topological polar surface area (TPSA) is 22.1 Å². The molecule has 0 atom stereocenters. The molecule has 3 rings (SSSR count). The molecule has 90 valence electrons. The number of nitrogens with zero attached hydrogens (tertiary/aromatic N) is 1. The van der Waals surface area contributed by atoms with Crippen LogP contribution in [0.2, 0.25) is 0 Å². The van der Waals surface area contributed by atoms with E-state index >= 15 is 0 Å². The van der Waals surface area contributed by atoms with Gasteiger partial charge < -0.3 is 4.74 Å².